The summed E-state index contributed by atoms with van der Waals surface area (Å²) in [7, 11) is -2.92. The van der Waals surface area contributed by atoms with Gasteiger partial charge in [0.05, 0.1) is 11.5 Å². The van der Waals surface area contributed by atoms with Crippen LogP contribution < -0.4 is 5.32 Å². The largest absolute Gasteiger partial charge is 0.480 e. The van der Waals surface area contributed by atoms with Gasteiger partial charge in [0.2, 0.25) is 0 Å². The van der Waals surface area contributed by atoms with Gasteiger partial charge in [-0.15, -0.1) is 0 Å². The van der Waals surface area contributed by atoms with E-state index < -0.39 is 21.3 Å². The molecule has 1 aliphatic rings. The van der Waals surface area contributed by atoms with Crippen molar-refractivity contribution in [2.75, 3.05) is 37.7 Å². The molecule has 106 valence electrons. The zero-order valence-corrected chi connectivity index (χ0v) is 11.8. The molecule has 6 nitrogen and oxygen atoms in total. The predicted molar refractivity (Wildman–Crippen MR) is 69.4 cm³/mol. The van der Waals surface area contributed by atoms with E-state index >= 15 is 0 Å². The molecule has 0 aromatic heterocycles. The average molecular weight is 278 g/mol. The summed E-state index contributed by atoms with van der Waals surface area (Å²) >= 11 is 0. The first-order valence-electron chi connectivity index (χ1n) is 6.20. The lowest BCUT2D eigenvalue weighted by Crippen LogP contribution is -2.59. The SMILES string of the molecule is CCCNC(C)(CN1CCS(=O)(=O)CC1)C(=O)O. The van der Waals surface area contributed by atoms with Gasteiger partial charge in [-0.3, -0.25) is 9.69 Å². The van der Waals surface area contributed by atoms with Crippen LogP contribution in [0.1, 0.15) is 20.3 Å². The Hall–Kier alpha value is -0.660. The maximum atomic E-state index is 11.3. The minimum atomic E-state index is -2.92. The molecule has 0 spiro atoms. The number of nitrogens with one attached hydrogen (secondary N) is 1. The van der Waals surface area contributed by atoms with E-state index in [9.17, 15) is 18.3 Å². The summed E-state index contributed by atoms with van der Waals surface area (Å²) in [5.74, 6) is -0.656. The monoisotopic (exact) mass is 278 g/mol. The Morgan fingerprint density at radius 1 is 1.39 bits per heavy atom. The van der Waals surface area contributed by atoms with E-state index in [-0.39, 0.29) is 11.5 Å². The van der Waals surface area contributed by atoms with Gasteiger partial charge in [0.15, 0.2) is 9.84 Å². The van der Waals surface area contributed by atoms with E-state index in [1.54, 1.807) is 6.92 Å². The van der Waals surface area contributed by atoms with Crippen molar-refractivity contribution in [2.24, 2.45) is 0 Å². The summed E-state index contributed by atoms with van der Waals surface area (Å²) < 4.78 is 22.6. The first kappa shape index (κ1) is 15.4. The van der Waals surface area contributed by atoms with Crippen LogP contribution in [-0.2, 0) is 14.6 Å². The second kappa shape index (κ2) is 5.99. The van der Waals surface area contributed by atoms with Crippen molar-refractivity contribution in [1.29, 1.82) is 0 Å². The molecule has 1 saturated heterocycles. The van der Waals surface area contributed by atoms with E-state index in [2.05, 4.69) is 5.32 Å². The third-order valence-corrected chi connectivity index (χ3v) is 4.82. The number of aliphatic carboxylic acids is 1. The topological polar surface area (TPSA) is 86.7 Å². The van der Waals surface area contributed by atoms with Gasteiger partial charge in [-0.2, -0.15) is 0 Å². The van der Waals surface area contributed by atoms with E-state index in [1.807, 2.05) is 11.8 Å². The van der Waals surface area contributed by atoms with Crippen molar-refractivity contribution < 1.29 is 18.3 Å². The number of hydrogen-bond acceptors (Lipinski definition) is 5. The van der Waals surface area contributed by atoms with Crippen molar-refractivity contribution in [1.82, 2.24) is 10.2 Å². The minimum absolute atomic E-state index is 0.122. The van der Waals surface area contributed by atoms with Crippen molar-refractivity contribution >= 4 is 15.8 Å². The smallest absolute Gasteiger partial charge is 0.324 e. The predicted octanol–water partition coefficient (Wildman–Crippen LogP) is -0.440. The highest BCUT2D eigenvalue weighted by molar-refractivity contribution is 7.91. The van der Waals surface area contributed by atoms with Crippen LogP contribution in [0.25, 0.3) is 0 Å². The lowest BCUT2D eigenvalue weighted by atomic mass is 10.0. The van der Waals surface area contributed by atoms with Gasteiger partial charge in [0.1, 0.15) is 5.54 Å². The zero-order chi connectivity index (χ0) is 13.8. The lowest BCUT2D eigenvalue weighted by molar-refractivity contribution is -0.145. The number of carboxylic acid groups (broad SMARTS) is 1. The van der Waals surface area contributed by atoms with Gasteiger partial charge >= 0.3 is 5.97 Å². The molecule has 0 aliphatic carbocycles. The van der Waals surface area contributed by atoms with E-state index in [0.717, 1.165) is 6.42 Å². The molecular weight excluding hydrogens is 256 g/mol. The van der Waals surface area contributed by atoms with E-state index in [0.29, 0.717) is 26.2 Å². The zero-order valence-electron chi connectivity index (χ0n) is 11.0. The Kier molecular flexibility index (Phi) is 5.12. The molecule has 1 fully saturated rings. The third kappa shape index (κ3) is 4.22. The normalized spacial score (nSPS) is 23.4. The van der Waals surface area contributed by atoms with Gasteiger partial charge in [-0.1, -0.05) is 6.92 Å². The molecule has 0 aromatic carbocycles. The molecule has 18 heavy (non-hydrogen) atoms. The van der Waals surface area contributed by atoms with Gasteiger partial charge < -0.3 is 10.4 Å². The summed E-state index contributed by atoms with van der Waals surface area (Å²) in [6.07, 6.45) is 0.858. The molecule has 1 rings (SSSR count). The molecule has 0 amide bonds. The van der Waals surface area contributed by atoms with Crippen molar-refractivity contribution in [3.63, 3.8) is 0 Å². The van der Waals surface area contributed by atoms with Gasteiger partial charge in [0, 0.05) is 19.6 Å². The number of nitrogens with zero attached hydrogens (tertiary/aromatic N) is 1. The summed E-state index contributed by atoms with van der Waals surface area (Å²) in [4.78, 5) is 13.2. The first-order valence-corrected chi connectivity index (χ1v) is 8.02. The molecule has 0 saturated carbocycles. The molecule has 1 atom stereocenters. The molecule has 0 bridgehead atoms. The summed E-state index contributed by atoms with van der Waals surface area (Å²) in [5, 5.41) is 12.3. The van der Waals surface area contributed by atoms with Crippen LogP contribution >= 0.6 is 0 Å². The Balaban J connectivity index is 2.60. The highest BCUT2D eigenvalue weighted by Crippen LogP contribution is 2.11. The molecule has 1 heterocycles. The molecule has 2 N–H and O–H groups in total. The van der Waals surface area contributed by atoms with Gasteiger partial charge in [-0.25, -0.2) is 8.42 Å². The van der Waals surface area contributed by atoms with Crippen LogP contribution in [0.5, 0.6) is 0 Å². The maximum absolute atomic E-state index is 11.3. The Morgan fingerprint density at radius 3 is 2.39 bits per heavy atom. The van der Waals surface area contributed by atoms with Crippen molar-refractivity contribution in [3.8, 4) is 0 Å². The minimum Gasteiger partial charge on any atom is -0.480 e. The van der Waals surface area contributed by atoms with Crippen molar-refractivity contribution in [2.45, 2.75) is 25.8 Å². The van der Waals surface area contributed by atoms with Crippen LogP contribution in [0.3, 0.4) is 0 Å². The highest BCUT2D eigenvalue weighted by Gasteiger charge is 2.36. The molecule has 1 unspecified atom stereocenters. The first-order chi connectivity index (χ1) is 8.29. The second-order valence-corrected chi connectivity index (χ2v) is 7.30. The Labute approximate surface area is 108 Å². The fraction of sp³-hybridized carbons (Fsp3) is 0.909. The van der Waals surface area contributed by atoms with Crippen LogP contribution in [0, 0.1) is 0 Å². The standard InChI is InChI=1S/C11H22N2O4S/c1-3-4-12-11(2,10(14)15)9-13-5-7-18(16,17)8-6-13/h12H,3-9H2,1-2H3,(H,14,15). The maximum Gasteiger partial charge on any atom is 0.324 e. The van der Waals surface area contributed by atoms with E-state index in [4.69, 9.17) is 0 Å². The van der Waals surface area contributed by atoms with Gasteiger partial charge in [0.25, 0.3) is 0 Å². The number of carbonyl (C=O) groups is 1. The summed E-state index contributed by atoms with van der Waals surface area (Å²) in [5.41, 5.74) is -1.02. The van der Waals surface area contributed by atoms with Crippen molar-refractivity contribution in [3.05, 3.63) is 0 Å². The number of rotatable bonds is 6. The Morgan fingerprint density at radius 2 is 1.94 bits per heavy atom. The fourth-order valence-corrected chi connectivity index (χ4v) is 3.23. The second-order valence-electron chi connectivity index (χ2n) is 4.99. The van der Waals surface area contributed by atoms with Gasteiger partial charge in [-0.05, 0) is 19.9 Å². The summed E-state index contributed by atoms with van der Waals surface area (Å²) in [6.45, 7) is 5.42. The molecule has 1 aliphatic heterocycles. The fourth-order valence-electron chi connectivity index (χ4n) is 1.96. The van der Waals surface area contributed by atoms with E-state index in [1.165, 1.54) is 0 Å². The summed E-state index contributed by atoms with van der Waals surface area (Å²) in [6, 6.07) is 0. The molecule has 7 heteroatoms. The molecule has 0 aromatic rings. The van der Waals surface area contributed by atoms with Crippen LogP contribution in [0.15, 0.2) is 0 Å². The number of sulfone groups is 1. The van der Waals surface area contributed by atoms with Crippen LogP contribution in [0.4, 0.5) is 0 Å². The number of carboxylic acids is 1. The number of hydrogen-bond donors (Lipinski definition) is 2. The third-order valence-electron chi connectivity index (χ3n) is 3.21. The average Bonchev–Trinajstić information content (AvgIpc) is 2.29. The molecular formula is C11H22N2O4S. The van der Waals surface area contributed by atoms with Crippen LogP contribution in [0.2, 0.25) is 0 Å². The quantitative estimate of drug-likeness (QED) is 0.685. The lowest BCUT2D eigenvalue weighted by Gasteiger charge is -2.35. The Bertz CT molecular complexity index is 382. The highest BCUT2D eigenvalue weighted by atomic mass is 32.2. The van der Waals surface area contributed by atoms with Crippen LogP contribution in [-0.4, -0.2) is 67.6 Å². The molecule has 0 radical (unpaired) electrons.